The van der Waals surface area contributed by atoms with Crippen LogP contribution in [0, 0.1) is 0 Å². The van der Waals surface area contributed by atoms with E-state index in [1.54, 1.807) is 0 Å². The third-order valence-corrected chi connectivity index (χ3v) is 5.02. The van der Waals surface area contributed by atoms with E-state index in [1.807, 2.05) is 11.8 Å². The number of hydrogen-bond acceptors (Lipinski definition) is 2. The number of unbranched alkanes of at least 4 members (excludes halogenated alkanes) is 7. The Bertz CT molecular complexity index is 161. The van der Waals surface area contributed by atoms with E-state index in [4.69, 9.17) is 0 Å². The lowest BCUT2D eigenvalue weighted by atomic mass is 10.1. The fourth-order valence-electron chi connectivity index (χ4n) is 1.99. The van der Waals surface area contributed by atoms with Crippen LogP contribution >= 0.6 is 11.8 Å². The summed E-state index contributed by atoms with van der Waals surface area (Å²) < 4.78 is 0. The smallest absolute Gasteiger partial charge is 0.0630 e. The van der Waals surface area contributed by atoms with Gasteiger partial charge in [-0.05, 0) is 12.8 Å². The Hall–Kier alpha value is 0.310. The summed E-state index contributed by atoms with van der Waals surface area (Å²) in [6.07, 6.45) is 12.9. The molecule has 0 aromatic rings. The molecule has 0 saturated carbocycles. The van der Waals surface area contributed by atoms with Crippen molar-refractivity contribution in [1.29, 1.82) is 0 Å². The summed E-state index contributed by atoms with van der Waals surface area (Å²) in [4.78, 5) is 0. The molecule has 0 aliphatic rings. The van der Waals surface area contributed by atoms with Gasteiger partial charge in [-0.1, -0.05) is 72.1 Å². The summed E-state index contributed by atoms with van der Waals surface area (Å²) >= 11 is 1.91. The highest BCUT2D eigenvalue weighted by Crippen LogP contribution is 2.17. The third kappa shape index (κ3) is 12.8. The molecule has 1 nitrogen and oxygen atoms in total. The predicted molar refractivity (Wildman–Crippen MR) is 85.4 cm³/mol. The molecule has 0 heterocycles. The summed E-state index contributed by atoms with van der Waals surface area (Å²) in [5.41, 5.74) is 0. The van der Waals surface area contributed by atoms with E-state index in [1.165, 1.54) is 57.8 Å². The molecule has 0 rings (SSSR count). The van der Waals surface area contributed by atoms with Gasteiger partial charge in [-0.25, -0.2) is 0 Å². The van der Waals surface area contributed by atoms with Gasteiger partial charge < -0.3 is 5.11 Å². The summed E-state index contributed by atoms with van der Waals surface area (Å²) in [5.74, 6) is 0.922. The minimum atomic E-state index is -0.0795. The van der Waals surface area contributed by atoms with Crippen molar-refractivity contribution in [2.24, 2.45) is 0 Å². The van der Waals surface area contributed by atoms with Gasteiger partial charge in [0.25, 0.3) is 0 Å². The molecule has 0 aromatic heterocycles. The average Bonchev–Trinajstić information content (AvgIpc) is 2.39. The summed E-state index contributed by atoms with van der Waals surface area (Å²) in [6.45, 7) is 6.72. The van der Waals surface area contributed by atoms with E-state index in [-0.39, 0.29) is 6.10 Å². The van der Waals surface area contributed by atoms with Crippen LogP contribution in [-0.4, -0.2) is 22.2 Å². The molecule has 0 aliphatic heterocycles. The molecule has 1 N–H and O–H groups in total. The predicted octanol–water partition coefficient (Wildman–Crippen LogP) is 5.41. The van der Waals surface area contributed by atoms with Gasteiger partial charge in [-0.3, -0.25) is 0 Å². The van der Waals surface area contributed by atoms with Gasteiger partial charge >= 0.3 is 0 Å². The normalized spacial score (nSPS) is 14.7. The Morgan fingerprint density at radius 1 is 0.889 bits per heavy atom. The molecule has 0 fully saturated rings. The number of hydrogen-bond donors (Lipinski definition) is 1. The monoisotopic (exact) mass is 274 g/mol. The van der Waals surface area contributed by atoms with Gasteiger partial charge in [0, 0.05) is 11.0 Å². The first-order valence-electron chi connectivity index (χ1n) is 8.00. The van der Waals surface area contributed by atoms with Crippen LogP contribution in [0.2, 0.25) is 0 Å². The maximum absolute atomic E-state index is 9.85. The molecule has 0 aliphatic carbocycles. The van der Waals surface area contributed by atoms with E-state index in [9.17, 15) is 5.11 Å². The number of thioether (sulfide) groups is 1. The molecule has 2 unspecified atom stereocenters. The SMILES string of the molecule is CCCCCCCCCCC(O)CSC(C)CC. The molecule has 18 heavy (non-hydrogen) atoms. The van der Waals surface area contributed by atoms with Crippen molar-refractivity contribution in [3.8, 4) is 0 Å². The number of rotatable bonds is 13. The van der Waals surface area contributed by atoms with Crippen molar-refractivity contribution in [2.75, 3.05) is 5.75 Å². The molecule has 0 aromatic carbocycles. The zero-order valence-electron chi connectivity index (χ0n) is 12.8. The van der Waals surface area contributed by atoms with Gasteiger partial charge in [0.1, 0.15) is 0 Å². The molecule has 0 bridgehead atoms. The highest BCUT2D eigenvalue weighted by Gasteiger charge is 2.06. The average molecular weight is 275 g/mol. The van der Waals surface area contributed by atoms with Gasteiger partial charge in [0.2, 0.25) is 0 Å². The van der Waals surface area contributed by atoms with E-state index < -0.39 is 0 Å². The molecule has 2 atom stereocenters. The first-order chi connectivity index (χ1) is 8.70. The highest BCUT2D eigenvalue weighted by molar-refractivity contribution is 7.99. The molecular formula is C16H34OS. The Labute approximate surface area is 119 Å². The molecule has 110 valence electrons. The quantitative estimate of drug-likeness (QED) is 0.453. The minimum absolute atomic E-state index is 0.0795. The van der Waals surface area contributed by atoms with Crippen molar-refractivity contribution in [3.63, 3.8) is 0 Å². The maximum Gasteiger partial charge on any atom is 0.0630 e. The van der Waals surface area contributed by atoms with Crippen LogP contribution in [0.5, 0.6) is 0 Å². The zero-order valence-corrected chi connectivity index (χ0v) is 13.6. The number of aliphatic hydroxyl groups is 1. The summed E-state index contributed by atoms with van der Waals surface area (Å²) in [7, 11) is 0. The van der Waals surface area contributed by atoms with Crippen molar-refractivity contribution < 1.29 is 5.11 Å². The lowest BCUT2D eigenvalue weighted by molar-refractivity contribution is 0.184. The topological polar surface area (TPSA) is 20.2 Å². The standard InChI is InChI=1S/C16H34OS/c1-4-6-7-8-9-10-11-12-13-16(17)14-18-15(3)5-2/h15-17H,4-14H2,1-3H3. The second-order valence-corrected chi connectivity index (χ2v) is 6.94. The molecule has 0 radical (unpaired) electrons. The van der Waals surface area contributed by atoms with E-state index in [2.05, 4.69) is 20.8 Å². The molecule has 0 saturated heterocycles. The fourth-order valence-corrected chi connectivity index (χ4v) is 2.94. The Balaban J connectivity index is 3.17. The number of aliphatic hydroxyl groups excluding tert-OH is 1. The van der Waals surface area contributed by atoms with Crippen LogP contribution in [-0.2, 0) is 0 Å². The summed E-state index contributed by atoms with van der Waals surface area (Å²) in [5, 5.41) is 10.5. The third-order valence-electron chi connectivity index (χ3n) is 3.54. The van der Waals surface area contributed by atoms with E-state index in [0.29, 0.717) is 5.25 Å². The van der Waals surface area contributed by atoms with Crippen LogP contribution in [0.3, 0.4) is 0 Å². The summed E-state index contributed by atoms with van der Waals surface area (Å²) in [6, 6.07) is 0. The van der Waals surface area contributed by atoms with Crippen LogP contribution in [0.25, 0.3) is 0 Å². The van der Waals surface area contributed by atoms with Crippen molar-refractivity contribution in [1.82, 2.24) is 0 Å². The lowest BCUT2D eigenvalue weighted by Gasteiger charge is -2.13. The van der Waals surface area contributed by atoms with Gasteiger partial charge in [-0.2, -0.15) is 11.8 Å². The van der Waals surface area contributed by atoms with Crippen LogP contribution < -0.4 is 0 Å². The Morgan fingerprint density at radius 2 is 1.44 bits per heavy atom. The van der Waals surface area contributed by atoms with Crippen molar-refractivity contribution >= 4 is 11.8 Å². The Kier molecular flexibility index (Phi) is 14.0. The minimum Gasteiger partial charge on any atom is -0.392 e. The van der Waals surface area contributed by atoms with Crippen molar-refractivity contribution in [2.45, 2.75) is 96.3 Å². The van der Waals surface area contributed by atoms with E-state index >= 15 is 0 Å². The van der Waals surface area contributed by atoms with Crippen molar-refractivity contribution in [3.05, 3.63) is 0 Å². The lowest BCUT2D eigenvalue weighted by Crippen LogP contribution is -2.12. The first kappa shape index (κ1) is 18.3. The first-order valence-corrected chi connectivity index (χ1v) is 9.05. The molecular weight excluding hydrogens is 240 g/mol. The fraction of sp³-hybridized carbons (Fsp3) is 1.00. The van der Waals surface area contributed by atoms with Gasteiger partial charge in [-0.15, -0.1) is 0 Å². The second-order valence-electron chi connectivity index (χ2n) is 5.47. The molecule has 0 spiro atoms. The van der Waals surface area contributed by atoms with Gasteiger partial charge in [0.15, 0.2) is 0 Å². The maximum atomic E-state index is 9.85. The zero-order chi connectivity index (χ0) is 13.6. The Morgan fingerprint density at radius 3 is 2.00 bits per heavy atom. The molecule has 0 amide bonds. The van der Waals surface area contributed by atoms with E-state index in [0.717, 1.165) is 12.2 Å². The van der Waals surface area contributed by atoms with Crippen LogP contribution in [0.1, 0.15) is 85.0 Å². The molecule has 2 heteroatoms. The second kappa shape index (κ2) is 13.7. The van der Waals surface area contributed by atoms with Gasteiger partial charge in [0.05, 0.1) is 6.10 Å². The highest BCUT2D eigenvalue weighted by atomic mass is 32.2. The van der Waals surface area contributed by atoms with Crippen LogP contribution in [0.15, 0.2) is 0 Å². The largest absolute Gasteiger partial charge is 0.392 e. The van der Waals surface area contributed by atoms with Crippen LogP contribution in [0.4, 0.5) is 0 Å².